The molecule has 4 aromatic rings. The largest absolute Gasteiger partial charge is 0.491 e. The SMILES string of the molecule is CSc1ccc(C(c2ccc(OCC(O)CN3CCNCC3)cc2)c2cccc3ccccc23)cc1. The fraction of sp³-hybridized carbons (Fsp3) is 0.290. The van der Waals surface area contributed by atoms with Crippen molar-refractivity contribution in [1.82, 2.24) is 10.2 Å². The molecule has 1 heterocycles. The topological polar surface area (TPSA) is 44.7 Å². The molecule has 0 radical (unpaired) electrons. The highest BCUT2D eigenvalue weighted by Crippen LogP contribution is 2.37. The van der Waals surface area contributed by atoms with E-state index in [9.17, 15) is 5.11 Å². The van der Waals surface area contributed by atoms with Crippen LogP contribution >= 0.6 is 11.8 Å². The van der Waals surface area contributed by atoms with Gasteiger partial charge in [-0.25, -0.2) is 0 Å². The minimum atomic E-state index is -0.499. The van der Waals surface area contributed by atoms with Gasteiger partial charge in [-0.05, 0) is 58.0 Å². The average molecular weight is 499 g/mol. The first-order valence-electron chi connectivity index (χ1n) is 12.7. The van der Waals surface area contributed by atoms with Gasteiger partial charge in [0.2, 0.25) is 0 Å². The average Bonchev–Trinajstić information content (AvgIpc) is 2.94. The quantitative estimate of drug-likeness (QED) is 0.239. The molecule has 36 heavy (non-hydrogen) atoms. The van der Waals surface area contributed by atoms with Crippen molar-refractivity contribution < 1.29 is 9.84 Å². The fourth-order valence-corrected chi connectivity index (χ4v) is 5.45. The first kappa shape index (κ1) is 24.8. The van der Waals surface area contributed by atoms with Gasteiger partial charge in [-0.15, -0.1) is 11.8 Å². The van der Waals surface area contributed by atoms with Crippen LogP contribution in [0.4, 0.5) is 0 Å². The third kappa shape index (κ3) is 5.93. The molecule has 0 spiro atoms. The number of ether oxygens (including phenoxy) is 1. The number of fused-ring (bicyclic) bond motifs is 1. The normalized spacial score (nSPS) is 16.1. The Morgan fingerprint density at radius 2 is 1.53 bits per heavy atom. The number of piperazine rings is 1. The van der Waals surface area contributed by atoms with Gasteiger partial charge >= 0.3 is 0 Å². The smallest absolute Gasteiger partial charge is 0.119 e. The number of thioether (sulfide) groups is 1. The Kier molecular flexibility index (Phi) is 8.24. The number of hydrogen-bond donors (Lipinski definition) is 2. The molecule has 0 aliphatic carbocycles. The van der Waals surface area contributed by atoms with E-state index in [2.05, 4.69) is 95.3 Å². The van der Waals surface area contributed by atoms with Gasteiger partial charge in [0.15, 0.2) is 0 Å². The second-order valence-electron chi connectivity index (χ2n) is 9.36. The molecule has 4 aromatic carbocycles. The standard InChI is InChI=1S/C31H34N2O2S/c1-36-28-15-11-25(12-16-28)31(30-8-4-6-23-5-2-3-7-29(23)30)24-9-13-27(14-10-24)35-22-26(34)21-33-19-17-32-18-20-33/h2-16,26,31-32,34H,17-22H2,1H3. The van der Waals surface area contributed by atoms with Gasteiger partial charge in [0.25, 0.3) is 0 Å². The van der Waals surface area contributed by atoms with E-state index in [0.717, 1.165) is 31.9 Å². The summed E-state index contributed by atoms with van der Waals surface area (Å²) in [5.41, 5.74) is 3.78. The molecule has 0 amide bonds. The number of benzene rings is 4. The Morgan fingerprint density at radius 1 is 0.861 bits per heavy atom. The molecule has 1 fully saturated rings. The number of aliphatic hydroxyl groups is 1. The molecule has 0 bridgehead atoms. The van der Waals surface area contributed by atoms with E-state index >= 15 is 0 Å². The highest BCUT2D eigenvalue weighted by atomic mass is 32.2. The molecular weight excluding hydrogens is 464 g/mol. The zero-order chi connectivity index (χ0) is 24.7. The van der Waals surface area contributed by atoms with E-state index in [1.165, 1.54) is 32.4 Å². The van der Waals surface area contributed by atoms with Crippen molar-refractivity contribution in [3.05, 3.63) is 108 Å². The molecule has 1 aliphatic rings. The number of nitrogens with one attached hydrogen (secondary N) is 1. The van der Waals surface area contributed by atoms with Crippen molar-refractivity contribution in [2.45, 2.75) is 16.9 Å². The molecule has 5 heteroatoms. The summed E-state index contributed by atoms with van der Waals surface area (Å²) in [6, 6.07) is 32.4. The van der Waals surface area contributed by atoms with Crippen LogP contribution in [0.25, 0.3) is 10.8 Å². The Bertz CT molecular complexity index is 1250. The van der Waals surface area contributed by atoms with E-state index in [0.29, 0.717) is 13.2 Å². The summed E-state index contributed by atoms with van der Waals surface area (Å²) < 4.78 is 5.96. The lowest BCUT2D eigenvalue weighted by molar-refractivity contribution is 0.0641. The monoisotopic (exact) mass is 498 g/mol. The summed E-state index contributed by atoms with van der Waals surface area (Å²) >= 11 is 1.76. The summed E-state index contributed by atoms with van der Waals surface area (Å²) in [7, 11) is 0. The van der Waals surface area contributed by atoms with Crippen LogP contribution in [0.15, 0.2) is 95.9 Å². The first-order chi connectivity index (χ1) is 17.7. The van der Waals surface area contributed by atoms with E-state index in [1.54, 1.807) is 11.8 Å². The van der Waals surface area contributed by atoms with Crippen LogP contribution in [-0.4, -0.2) is 61.7 Å². The lowest BCUT2D eigenvalue weighted by atomic mass is 9.83. The summed E-state index contributed by atoms with van der Waals surface area (Å²) in [6.07, 6.45) is 1.61. The second-order valence-corrected chi connectivity index (χ2v) is 10.2. The van der Waals surface area contributed by atoms with Gasteiger partial charge < -0.3 is 15.2 Å². The van der Waals surface area contributed by atoms with Crippen molar-refractivity contribution in [3.8, 4) is 5.75 Å². The van der Waals surface area contributed by atoms with E-state index < -0.39 is 6.10 Å². The summed E-state index contributed by atoms with van der Waals surface area (Å²) in [4.78, 5) is 3.55. The summed E-state index contributed by atoms with van der Waals surface area (Å²) in [6.45, 7) is 4.85. The highest BCUT2D eigenvalue weighted by Gasteiger charge is 2.20. The Morgan fingerprint density at radius 3 is 2.25 bits per heavy atom. The molecule has 186 valence electrons. The molecule has 0 saturated carbocycles. The predicted molar refractivity (Wildman–Crippen MR) is 150 cm³/mol. The number of aliphatic hydroxyl groups excluding tert-OH is 1. The van der Waals surface area contributed by atoms with Crippen LogP contribution in [0, 0.1) is 0 Å². The van der Waals surface area contributed by atoms with Crippen molar-refractivity contribution in [1.29, 1.82) is 0 Å². The van der Waals surface area contributed by atoms with Gasteiger partial charge in [-0.3, -0.25) is 4.90 Å². The summed E-state index contributed by atoms with van der Waals surface area (Å²) in [5, 5.41) is 16.3. The van der Waals surface area contributed by atoms with Crippen LogP contribution in [0.5, 0.6) is 5.75 Å². The lowest BCUT2D eigenvalue weighted by Crippen LogP contribution is -2.47. The van der Waals surface area contributed by atoms with Crippen molar-refractivity contribution in [2.24, 2.45) is 0 Å². The maximum atomic E-state index is 10.5. The molecule has 4 nitrogen and oxygen atoms in total. The maximum absolute atomic E-state index is 10.5. The Hall–Kier alpha value is -2.83. The number of rotatable bonds is 9. The van der Waals surface area contributed by atoms with Crippen LogP contribution in [-0.2, 0) is 0 Å². The Labute approximate surface area is 218 Å². The van der Waals surface area contributed by atoms with Crippen molar-refractivity contribution in [3.63, 3.8) is 0 Å². The molecule has 2 unspecified atom stereocenters. The highest BCUT2D eigenvalue weighted by molar-refractivity contribution is 7.98. The zero-order valence-electron chi connectivity index (χ0n) is 20.8. The number of hydrogen-bond acceptors (Lipinski definition) is 5. The lowest BCUT2D eigenvalue weighted by Gasteiger charge is -2.29. The van der Waals surface area contributed by atoms with E-state index in [1.807, 2.05) is 12.1 Å². The minimum absolute atomic E-state index is 0.111. The van der Waals surface area contributed by atoms with Crippen LogP contribution < -0.4 is 10.1 Å². The van der Waals surface area contributed by atoms with Gasteiger partial charge in [-0.1, -0.05) is 66.7 Å². The van der Waals surface area contributed by atoms with E-state index in [-0.39, 0.29) is 5.92 Å². The molecule has 1 aliphatic heterocycles. The first-order valence-corrected chi connectivity index (χ1v) is 13.9. The minimum Gasteiger partial charge on any atom is -0.491 e. The molecular formula is C31H34N2O2S. The molecule has 0 aromatic heterocycles. The number of nitrogens with zero attached hydrogens (tertiary/aromatic N) is 1. The van der Waals surface area contributed by atoms with Crippen LogP contribution in [0.3, 0.4) is 0 Å². The molecule has 2 N–H and O–H groups in total. The van der Waals surface area contributed by atoms with Crippen LogP contribution in [0.1, 0.15) is 22.6 Å². The summed E-state index contributed by atoms with van der Waals surface area (Å²) in [5.74, 6) is 0.895. The predicted octanol–water partition coefficient (Wildman–Crippen LogP) is 5.39. The third-order valence-electron chi connectivity index (χ3n) is 6.92. The molecule has 1 saturated heterocycles. The fourth-order valence-electron chi connectivity index (χ4n) is 5.04. The number of β-amino-alcohol motifs (C(OH)–C–C–N with tert-alkyl or cyclic N) is 1. The van der Waals surface area contributed by atoms with Gasteiger partial charge in [0.1, 0.15) is 18.5 Å². The van der Waals surface area contributed by atoms with Gasteiger partial charge in [0.05, 0.1) is 0 Å². The molecule has 5 rings (SSSR count). The second kappa shape index (κ2) is 11.9. The Balaban J connectivity index is 1.37. The maximum Gasteiger partial charge on any atom is 0.119 e. The zero-order valence-corrected chi connectivity index (χ0v) is 21.6. The van der Waals surface area contributed by atoms with Crippen molar-refractivity contribution in [2.75, 3.05) is 45.6 Å². The van der Waals surface area contributed by atoms with Gasteiger partial charge in [0, 0.05) is 43.5 Å². The van der Waals surface area contributed by atoms with Gasteiger partial charge in [-0.2, -0.15) is 0 Å². The van der Waals surface area contributed by atoms with Crippen LogP contribution in [0.2, 0.25) is 0 Å². The molecule has 2 atom stereocenters. The third-order valence-corrected chi connectivity index (χ3v) is 7.66. The van der Waals surface area contributed by atoms with E-state index in [4.69, 9.17) is 4.74 Å². The van der Waals surface area contributed by atoms with Crippen molar-refractivity contribution >= 4 is 22.5 Å².